The van der Waals surface area contributed by atoms with Gasteiger partial charge >= 0.3 is 0 Å². The zero-order valence-corrected chi connectivity index (χ0v) is 8.51. The average Bonchev–Trinajstić information content (AvgIpc) is 0.722. The monoisotopic (exact) mass is 409 g/mol. The molecule has 0 rings (SSSR count). The third kappa shape index (κ3) is 22.9. The smallest absolute Gasteiger partial charge is 0.195 e. The van der Waals surface area contributed by atoms with E-state index in [1.165, 1.54) is 0 Å². The van der Waals surface area contributed by atoms with Crippen molar-refractivity contribution >= 4 is 67.8 Å². The molecule has 0 aliphatic rings. The minimum Gasteiger partial charge on any atom is -0.195 e. The molecule has 0 aromatic heterocycles. The van der Waals surface area contributed by atoms with Crippen molar-refractivity contribution in [2.24, 2.45) is 0 Å². The second-order valence-corrected chi connectivity index (χ2v) is 11.2. The Bertz CT molecular complexity index is 22.4. The Morgan fingerprint density at radius 1 is 1.20 bits per heavy atom. The van der Waals surface area contributed by atoms with Gasteiger partial charge in [0.05, 0.1) is 0 Å². The molecule has 0 heterocycles. The minimum atomic E-state index is -0.840. The molecule has 5 heavy (non-hydrogen) atoms. The molecule has 0 bridgehead atoms. The molecule has 0 saturated heterocycles. The van der Waals surface area contributed by atoms with Crippen LogP contribution in [0.25, 0.3) is 0 Å². The highest BCUT2D eigenvalue weighted by molar-refractivity contribution is 14.3. The van der Waals surface area contributed by atoms with E-state index >= 15 is 0 Å². The first-order valence-corrected chi connectivity index (χ1v) is 4.01. The fourth-order valence-electron chi connectivity index (χ4n) is 0. The molecule has 31 valence electrons. The third-order valence-corrected chi connectivity index (χ3v) is 0. The van der Waals surface area contributed by atoms with E-state index in [-0.39, 0.29) is 0 Å². The largest absolute Gasteiger partial charge is 0.252 e. The van der Waals surface area contributed by atoms with E-state index in [0.29, 0.717) is 0 Å². The van der Waals surface area contributed by atoms with Crippen molar-refractivity contribution in [3.8, 4) is 0 Å². The Morgan fingerprint density at radius 3 is 1.20 bits per heavy atom. The molecular weight excluding hydrogens is 409 g/mol. The van der Waals surface area contributed by atoms with E-state index < -0.39 is -0.379 Å². The fraction of sp³-hybridized carbons (Fsp3) is 1.00. The van der Waals surface area contributed by atoms with Gasteiger partial charge in [-0.2, -0.15) is 5.11 Å². The lowest BCUT2D eigenvalue weighted by molar-refractivity contribution is 0.246. The van der Waals surface area contributed by atoms with Crippen LogP contribution in [0.1, 0.15) is 0 Å². The molecular formula is CI3O. The Kier molecular flexibility index (Phi) is 3.51. The summed E-state index contributed by atoms with van der Waals surface area (Å²) in [4.78, 5) is 0. The predicted molar refractivity (Wildman–Crippen MR) is 45.5 cm³/mol. The number of rotatable bonds is 0. The van der Waals surface area contributed by atoms with Gasteiger partial charge in [-0.1, -0.05) is 0 Å². The molecule has 0 amide bonds. The topological polar surface area (TPSA) is 19.9 Å². The van der Waals surface area contributed by atoms with Gasteiger partial charge in [-0.3, -0.25) is 0 Å². The van der Waals surface area contributed by atoms with Gasteiger partial charge in [0.25, 0.3) is -0.379 Å². The summed E-state index contributed by atoms with van der Waals surface area (Å²) in [6.07, 6.45) is 0. The Balaban J connectivity index is 3.02. The zero-order valence-electron chi connectivity index (χ0n) is 2.04. The van der Waals surface area contributed by atoms with Crippen LogP contribution >= 0.6 is 67.8 Å². The van der Waals surface area contributed by atoms with E-state index in [2.05, 4.69) is 0 Å². The Hall–Kier alpha value is 2.15. The summed E-state index contributed by atoms with van der Waals surface area (Å²) in [6, 6.07) is 0. The third-order valence-electron chi connectivity index (χ3n) is 0. The molecule has 0 saturated carbocycles. The standard InChI is InChI=1S/CI3O/c2-1(3,4)5. The quantitative estimate of drug-likeness (QED) is 0.433. The van der Waals surface area contributed by atoms with E-state index in [0.717, 1.165) is 0 Å². The second-order valence-electron chi connectivity index (χ2n) is 0.446. The lowest BCUT2D eigenvalue weighted by atomic mass is 11.7. The van der Waals surface area contributed by atoms with Gasteiger partial charge in [-0.25, -0.2) is 0 Å². The second kappa shape index (κ2) is 2.46. The van der Waals surface area contributed by atoms with Gasteiger partial charge in [-0.15, -0.1) is 0 Å². The lowest BCUT2D eigenvalue weighted by Gasteiger charge is -1.91. The zero-order chi connectivity index (χ0) is 4.50. The van der Waals surface area contributed by atoms with Gasteiger partial charge in [0.15, 0.2) is 0 Å². The molecule has 4 heteroatoms. The predicted octanol–water partition coefficient (Wildman–Crippen LogP) is 2.33. The van der Waals surface area contributed by atoms with Gasteiger partial charge in [0, 0.05) is 0 Å². The lowest BCUT2D eigenvalue weighted by Crippen LogP contribution is -1.87. The van der Waals surface area contributed by atoms with Crippen LogP contribution < -0.4 is 0 Å². The summed E-state index contributed by atoms with van der Waals surface area (Å²) >= 11 is 5.39. The summed E-state index contributed by atoms with van der Waals surface area (Å²) < 4.78 is -0.840. The van der Waals surface area contributed by atoms with Crippen molar-refractivity contribution in [1.82, 2.24) is 0 Å². The number of alkyl halides is 3. The first kappa shape index (κ1) is 7.15. The number of halogens is 3. The van der Waals surface area contributed by atoms with Gasteiger partial charge in [0.1, 0.15) is 0 Å². The molecule has 0 aliphatic carbocycles. The van der Waals surface area contributed by atoms with Gasteiger partial charge < -0.3 is 0 Å². The highest BCUT2D eigenvalue weighted by Crippen LogP contribution is 2.31. The molecule has 1 radical (unpaired) electrons. The summed E-state index contributed by atoms with van der Waals surface area (Å²) in [5.74, 6) is 0. The van der Waals surface area contributed by atoms with Crippen molar-refractivity contribution in [2.45, 2.75) is -0.379 Å². The molecule has 0 N–H and O–H groups in total. The maximum atomic E-state index is 10.1. The van der Waals surface area contributed by atoms with Crippen molar-refractivity contribution in [3.05, 3.63) is 0 Å². The van der Waals surface area contributed by atoms with Crippen LogP contribution in [-0.4, -0.2) is -0.379 Å². The molecule has 0 unspecified atom stereocenters. The molecule has 0 spiro atoms. The molecule has 0 aromatic rings. The first-order valence-electron chi connectivity index (χ1n) is 0.771. The SMILES string of the molecule is [O]C(I)(I)I. The van der Waals surface area contributed by atoms with Crippen LogP contribution in [0.5, 0.6) is 0 Å². The molecule has 0 fully saturated rings. The summed E-state index contributed by atoms with van der Waals surface area (Å²) in [5.41, 5.74) is 0. The first-order chi connectivity index (χ1) is 2.00. The Labute approximate surface area is 71.3 Å². The van der Waals surface area contributed by atoms with Crippen molar-refractivity contribution in [1.29, 1.82) is 0 Å². The van der Waals surface area contributed by atoms with Crippen LogP contribution in [0, 0.1) is 0 Å². The molecule has 1 nitrogen and oxygen atoms in total. The van der Waals surface area contributed by atoms with Crippen LogP contribution in [-0.2, 0) is 5.11 Å². The Morgan fingerprint density at radius 2 is 1.20 bits per heavy atom. The average molecular weight is 409 g/mol. The van der Waals surface area contributed by atoms with E-state index in [4.69, 9.17) is 0 Å². The summed E-state index contributed by atoms with van der Waals surface area (Å²) in [7, 11) is 0. The summed E-state index contributed by atoms with van der Waals surface area (Å²) in [5, 5.41) is 10.1. The highest BCUT2D eigenvalue weighted by Gasteiger charge is 2.10. The molecule has 0 atom stereocenters. The van der Waals surface area contributed by atoms with Crippen LogP contribution in [0.15, 0.2) is 0 Å². The summed E-state index contributed by atoms with van der Waals surface area (Å²) in [6.45, 7) is 0. The van der Waals surface area contributed by atoms with Crippen LogP contribution in [0.4, 0.5) is 0 Å². The van der Waals surface area contributed by atoms with Crippen LogP contribution in [0.3, 0.4) is 0 Å². The van der Waals surface area contributed by atoms with E-state index in [1.807, 2.05) is 0 Å². The molecule has 0 aliphatic heterocycles. The maximum absolute atomic E-state index is 10.1. The molecule has 0 aromatic carbocycles. The van der Waals surface area contributed by atoms with Crippen LogP contribution in [0.2, 0.25) is 0 Å². The normalized spacial score (nSPS) is 12.0. The van der Waals surface area contributed by atoms with E-state index in [9.17, 15) is 5.11 Å². The fourth-order valence-corrected chi connectivity index (χ4v) is 0. The van der Waals surface area contributed by atoms with Gasteiger partial charge in [-0.05, 0) is 67.8 Å². The minimum absolute atomic E-state index is 0.840. The number of hydrogen-bond acceptors (Lipinski definition) is 0. The van der Waals surface area contributed by atoms with E-state index in [1.54, 1.807) is 67.8 Å². The van der Waals surface area contributed by atoms with Crippen molar-refractivity contribution in [3.63, 3.8) is 0 Å². The highest BCUT2D eigenvalue weighted by atomic mass is 127. The van der Waals surface area contributed by atoms with Crippen molar-refractivity contribution < 1.29 is 5.11 Å². The van der Waals surface area contributed by atoms with Crippen molar-refractivity contribution in [2.75, 3.05) is 0 Å². The maximum Gasteiger partial charge on any atom is 0.252 e. The number of hydrogen-bond donors (Lipinski definition) is 0. The van der Waals surface area contributed by atoms with Gasteiger partial charge in [0.2, 0.25) is 0 Å².